The number of carboxylic acid groups (broad SMARTS) is 1. The maximum atomic E-state index is 12.6. The summed E-state index contributed by atoms with van der Waals surface area (Å²) in [5, 5.41) is 17.9. The van der Waals surface area contributed by atoms with Crippen LogP contribution < -0.4 is 10.1 Å². The fourth-order valence-electron chi connectivity index (χ4n) is 4.30. The highest BCUT2D eigenvalue weighted by molar-refractivity contribution is 5.93. The molecule has 0 radical (unpaired) electrons. The van der Waals surface area contributed by atoms with E-state index in [0.29, 0.717) is 48.2 Å². The number of carbonyl (C=O) groups excluding carboxylic acids is 1. The summed E-state index contributed by atoms with van der Waals surface area (Å²) in [7, 11) is 1.54. The Hall–Kier alpha value is -3.89. The van der Waals surface area contributed by atoms with E-state index >= 15 is 0 Å². The van der Waals surface area contributed by atoms with Gasteiger partial charge >= 0.3 is 12.1 Å². The summed E-state index contributed by atoms with van der Waals surface area (Å²) in [6, 6.07) is 6.95. The number of aromatic nitrogens is 4. The monoisotopic (exact) mass is 496 g/mol. The quantitative estimate of drug-likeness (QED) is 0.539. The lowest BCUT2D eigenvalue weighted by atomic mass is 9.79. The molecule has 1 amide bonds. The molecule has 1 aliphatic heterocycles. The zero-order valence-electron chi connectivity index (χ0n) is 21.4. The van der Waals surface area contributed by atoms with Gasteiger partial charge in [-0.05, 0) is 33.3 Å². The van der Waals surface area contributed by atoms with Crippen LogP contribution >= 0.6 is 0 Å². The minimum absolute atomic E-state index is 0.00104. The summed E-state index contributed by atoms with van der Waals surface area (Å²) in [5.41, 5.74) is 0.627. The van der Waals surface area contributed by atoms with Crippen LogP contribution in [-0.4, -0.2) is 73.5 Å². The van der Waals surface area contributed by atoms with Gasteiger partial charge < -0.3 is 24.8 Å². The van der Waals surface area contributed by atoms with Crippen molar-refractivity contribution in [2.24, 2.45) is 5.41 Å². The molecule has 1 aliphatic rings. The lowest BCUT2D eigenvalue weighted by molar-refractivity contribution is 0.00688. The van der Waals surface area contributed by atoms with Gasteiger partial charge in [0, 0.05) is 42.9 Å². The van der Waals surface area contributed by atoms with E-state index in [9.17, 15) is 14.7 Å². The first kappa shape index (κ1) is 25.2. The van der Waals surface area contributed by atoms with Crippen LogP contribution in [0.1, 0.15) is 51.4 Å². The van der Waals surface area contributed by atoms with E-state index in [1.807, 2.05) is 34.6 Å². The first-order valence-corrected chi connectivity index (χ1v) is 11.8. The Bertz CT molecular complexity index is 1300. The zero-order chi connectivity index (χ0) is 26.3. The molecule has 1 saturated heterocycles. The van der Waals surface area contributed by atoms with Crippen molar-refractivity contribution < 1.29 is 24.2 Å². The number of rotatable bonds is 5. The van der Waals surface area contributed by atoms with Crippen LogP contribution in [0.5, 0.6) is 5.88 Å². The second-order valence-electron chi connectivity index (χ2n) is 10.6. The highest BCUT2D eigenvalue weighted by Gasteiger charge is 2.40. The van der Waals surface area contributed by atoms with Crippen LogP contribution in [0, 0.1) is 5.41 Å². The molecule has 4 rings (SSSR count). The molecular formula is C25H32N6O5. The molecule has 1 atom stereocenters. The smallest absolute Gasteiger partial charge is 0.410 e. The Balaban J connectivity index is 1.66. The molecule has 0 saturated carbocycles. The van der Waals surface area contributed by atoms with Crippen LogP contribution in [0.2, 0.25) is 0 Å². The first-order valence-electron chi connectivity index (χ1n) is 11.8. The highest BCUT2D eigenvalue weighted by atomic mass is 16.6. The summed E-state index contributed by atoms with van der Waals surface area (Å²) < 4.78 is 12.3. The number of amides is 1. The van der Waals surface area contributed by atoms with Crippen molar-refractivity contribution in [3.63, 3.8) is 0 Å². The maximum absolute atomic E-state index is 12.6. The molecule has 0 aliphatic carbocycles. The second kappa shape index (κ2) is 9.29. The van der Waals surface area contributed by atoms with Gasteiger partial charge in [-0.1, -0.05) is 19.9 Å². The molecule has 192 valence electrons. The summed E-state index contributed by atoms with van der Waals surface area (Å²) in [5.74, 6) is -0.349. The zero-order valence-corrected chi connectivity index (χ0v) is 21.4. The maximum Gasteiger partial charge on any atom is 0.410 e. The van der Waals surface area contributed by atoms with Crippen molar-refractivity contribution in [1.29, 1.82) is 0 Å². The SMILES string of the molecule is COc1cccc(-c2cc3ncc(C(=O)O)c(NC4CCN(C(=O)OC(C)(C)C)CC4(C)C)n3n2)n1. The number of hydrogen-bond donors (Lipinski definition) is 2. The molecule has 0 aromatic carbocycles. The number of methoxy groups -OCH3 is 1. The standard InChI is InChI=1S/C25H32N6O5/c1-24(2,3)36-23(34)30-11-10-18(25(4,5)14-30)28-21-15(22(32)33)13-26-19-12-17(29-31(19)21)16-8-7-9-20(27-16)35-6/h7-9,12-13,18,28H,10-11,14H2,1-6H3,(H,32,33). The Morgan fingerprint density at radius 3 is 2.61 bits per heavy atom. The van der Waals surface area contributed by atoms with E-state index in [1.165, 1.54) is 17.8 Å². The average Bonchev–Trinajstić information content (AvgIpc) is 3.24. The molecule has 11 nitrogen and oxygen atoms in total. The second-order valence-corrected chi connectivity index (χ2v) is 10.6. The van der Waals surface area contributed by atoms with Crippen molar-refractivity contribution in [3.8, 4) is 17.3 Å². The molecular weight excluding hydrogens is 464 g/mol. The summed E-state index contributed by atoms with van der Waals surface area (Å²) in [6.45, 7) is 10.5. The number of aromatic carboxylic acids is 1. The first-order chi connectivity index (χ1) is 16.9. The number of likely N-dealkylation sites (tertiary alicyclic amines) is 1. The van der Waals surface area contributed by atoms with Gasteiger partial charge in [0.15, 0.2) is 5.65 Å². The normalized spacial score (nSPS) is 17.6. The molecule has 2 N–H and O–H groups in total. The molecule has 4 heterocycles. The number of piperidine rings is 1. The molecule has 1 unspecified atom stereocenters. The van der Waals surface area contributed by atoms with Gasteiger partial charge in [-0.2, -0.15) is 9.61 Å². The van der Waals surface area contributed by atoms with Crippen LogP contribution in [-0.2, 0) is 4.74 Å². The Morgan fingerprint density at radius 1 is 1.22 bits per heavy atom. The molecule has 11 heteroatoms. The fourth-order valence-corrected chi connectivity index (χ4v) is 4.30. The van der Waals surface area contributed by atoms with Gasteiger partial charge in [0.2, 0.25) is 5.88 Å². The van der Waals surface area contributed by atoms with Crippen molar-refractivity contribution in [2.75, 3.05) is 25.5 Å². The number of ether oxygens (including phenoxy) is 2. The minimum atomic E-state index is -1.12. The largest absolute Gasteiger partial charge is 0.481 e. The van der Waals surface area contributed by atoms with Gasteiger partial charge in [-0.15, -0.1) is 0 Å². The van der Waals surface area contributed by atoms with Gasteiger partial charge in [-0.25, -0.2) is 19.6 Å². The molecule has 0 bridgehead atoms. The number of carboxylic acids is 1. The number of nitrogens with one attached hydrogen (secondary N) is 1. The predicted octanol–water partition coefficient (Wildman–Crippen LogP) is 3.95. The average molecular weight is 497 g/mol. The van der Waals surface area contributed by atoms with Crippen LogP contribution in [0.25, 0.3) is 17.0 Å². The Morgan fingerprint density at radius 2 is 1.97 bits per heavy atom. The van der Waals surface area contributed by atoms with E-state index in [4.69, 9.17) is 9.47 Å². The Kier molecular flexibility index (Phi) is 6.50. The van der Waals surface area contributed by atoms with E-state index in [-0.39, 0.29) is 23.1 Å². The fraction of sp³-hybridized carbons (Fsp3) is 0.480. The number of hydrogen-bond acceptors (Lipinski definition) is 8. The predicted molar refractivity (Wildman–Crippen MR) is 133 cm³/mol. The number of anilines is 1. The molecule has 0 spiro atoms. The molecule has 1 fully saturated rings. The lowest BCUT2D eigenvalue weighted by Crippen LogP contribution is -2.54. The third-order valence-corrected chi connectivity index (χ3v) is 6.10. The van der Waals surface area contributed by atoms with Gasteiger partial charge in [-0.3, -0.25) is 0 Å². The number of carbonyl (C=O) groups is 2. The van der Waals surface area contributed by atoms with Crippen LogP contribution in [0.4, 0.5) is 10.6 Å². The molecule has 3 aromatic rings. The van der Waals surface area contributed by atoms with E-state index < -0.39 is 11.6 Å². The summed E-state index contributed by atoms with van der Waals surface area (Å²) in [6.07, 6.45) is 1.57. The van der Waals surface area contributed by atoms with Crippen molar-refractivity contribution in [2.45, 2.75) is 52.7 Å². The lowest BCUT2D eigenvalue weighted by Gasteiger charge is -2.44. The number of pyridine rings is 1. The van der Waals surface area contributed by atoms with E-state index in [2.05, 4.69) is 20.4 Å². The van der Waals surface area contributed by atoms with Crippen molar-refractivity contribution in [3.05, 3.63) is 36.0 Å². The van der Waals surface area contributed by atoms with Crippen LogP contribution in [0.3, 0.4) is 0 Å². The van der Waals surface area contributed by atoms with Crippen molar-refractivity contribution >= 4 is 23.5 Å². The van der Waals surface area contributed by atoms with Crippen LogP contribution in [0.15, 0.2) is 30.5 Å². The highest BCUT2D eigenvalue weighted by Crippen LogP contribution is 2.34. The topological polar surface area (TPSA) is 131 Å². The van der Waals surface area contributed by atoms with Gasteiger partial charge in [0.05, 0.1) is 12.8 Å². The molecule has 36 heavy (non-hydrogen) atoms. The summed E-state index contributed by atoms with van der Waals surface area (Å²) in [4.78, 5) is 35.1. The van der Waals surface area contributed by atoms with Gasteiger partial charge in [0.1, 0.15) is 22.7 Å². The van der Waals surface area contributed by atoms with Gasteiger partial charge in [0.25, 0.3) is 0 Å². The van der Waals surface area contributed by atoms with Crippen molar-refractivity contribution in [1.82, 2.24) is 24.5 Å². The minimum Gasteiger partial charge on any atom is -0.481 e. The number of fused-ring (bicyclic) bond motifs is 1. The third kappa shape index (κ3) is 5.19. The van der Waals surface area contributed by atoms with E-state index in [0.717, 1.165) is 0 Å². The third-order valence-electron chi connectivity index (χ3n) is 6.10. The molecule has 3 aromatic heterocycles. The number of nitrogens with zero attached hydrogens (tertiary/aromatic N) is 5. The van der Waals surface area contributed by atoms with E-state index in [1.54, 1.807) is 29.2 Å². The Labute approximate surface area is 209 Å². The summed E-state index contributed by atoms with van der Waals surface area (Å²) >= 11 is 0.